The average Bonchev–Trinajstić information content (AvgIpc) is 3.11. The quantitative estimate of drug-likeness (QED) is 0.381. The number of fused-ring (bicyclic) bond motifs is 1. The van der Waals surface area contributed by atoms with Crippen LogP contribution in [0.3, 0.4) is 0 Å². The number of benzene rings is 1. The summed E-state index contributed by atoms with van der Waals surface area (Å²) in [6, 6.07) is 7.22. The van der Waals surface area contributed by atoms with Crippen molar-refractivity contribution in [2.24, 2.45) is 28.6 Å². The van der Waals surface area contributed by atoms with E-state index in [1.165, 1.54) is 6.42 Å². The first-order valence-electron chi connectivity index (χ1n) is 6.96. The maximum atomic E-state index is 12.6. The molecule has 0 radical (unpaired) electrons. The Hall–Kier alpha value is -2.04. The molecule has 1 aromatic carbocycles. The van der Waals surface area contributed by atoms with Crippen LogP contribution >= 0.6 is 0 Å². The zero-order valence-corrected chi connectivity index (χ0v) is 11.5. The minimum absolute atomic E-state index is 0.0227. The molecule has 3 N–H and O–H groups in total. The number of hydrogen-bond donors (Lipinski definition) is 2. The van der Waals surface area contributed by atoms with E-state index in [1.807, 2.05) is 12.1 Å². The first kappa shape index (κ1) is 13.0. The van der Waals surface area contributed by atoms with E-state index in [0.29, 0.717) is 11.3 Å². The Labute approximate surface area is 118 Å². The van der Waals surface area contributed by atoms with Crippen LogP contribution in [0.4, 0.5) is 5.69 Å². The number of carbonyl (C=O) groups excluding carboxylic acids is 1. The number of amidine groups is 1. The summed E-state index contributed by atoms with van der Waals surface area (Å²) in [5.41, 5.74) is 6.94. The summed E-state index contributed by atoms with van der Waals surface area (Å²) >= 11 is 0. The summed E-state index contributed by atoms with van der Waals surface area (Å²) in [6.07, 6.45) is 3.33. The third kappa shape index (κ3) is 2.13. The highest BCUT2D eigenvalue weighted by atomic mass is 16.4. The normalized spacial score (nSPS) is 28.1. The van der Waals surface area contributed by atoms with E-state index in [4.69, 9.17) is 10.9 Å². The molecule has 2 atom stereocenters. The molecule has 5 heteroatoms. The molecule has 106 valence electrons. The fourth-order valence-corrected chi connectivity index (χ4v) is 3.35. The summed E-state index contributed by atoms with van der Waals surface area (Å²) in [7, 11) is 1.76. The third-order valence-corrected chi connectivity index (χ3v) is 4.57. The zero-order chi connectivity index (χ0) is 14.3. The Morgan fingerprint density at radius 1 is 1.30 bits per heavy atom. The van der Waals surface area contributed by atoms with Crippen LogP contribution in [0.5, 0.6) is 0 Å². The maximum Gasteiger partial charge on any atom is 0.229 e. The third-order valence-electron chi connectivity index (χ3n) is 4.57. The Morgan fingerprint density at radius 3 is 2.60 bits per heavy atom. The molecule has 0 spiro atoms. The lowest BCUT2D eigenvalue weighted by Crippen LogP contribution is -2.34. The van der Waals surface area contributed by atoms with Gasteiger partial charge in [-0.15, -0.1) is 0 Å². The van der Waals surface area contributed by atoms with Crippen molar-refractivity contribution in [3.63, 3.8) is 0 Å². The highest BCUT2D eigenvalue weighted by molar-refractivity contribution is 6.06. The molecule has 0 aromatic heterocycles. The molecule has 0 saturated heterocycles. The number of carbonyl (C=O) groups is 1. The number of nitrogens with zero attached hydrogens (tertiary/aromatic N) is 2. The summed E-state index contributed by atoms with van der Waals surface area (Å²) in [5, 5.41) is 11.9. The lowest BCUT2D eigenvalue weighted by molar-refractivity contribution is -0.122. The second-order valence-corrected chi connectivity index (χ2v) is 5.82. The van der Waals surface area contributed by atoms with Gasteiger partial charge in [-0.1, -0.05) is 17.3 Å². The molecule has 2 saturated carbocycles. The molecule has 20 heavy (non-hydrogen) atoms. The predicted octanol–water partition coefficient (Wildman–Crippen LogP) is 1.79. The SMILES string of the molecule is CN(C(=O)C1CC2CC2C1)c1ccccc1/C(N)=N/O. The van der Waals surface area contributed by atoms with Crippen molar-refractivity contribution in [1.29, 1.82) is 0 Å². The van der Waals surface area contributed by atoms with Gasteiger partial charge in [-0.3, -0.25) is 4.79 Å². The minimum atomic E-state index is 0.0227. The van der Waals surface area contributed by atoms with Crippen LogP contribution in [0.2, 0.25) is 0 Å². The summed E-state index contributed by atoms with van der Waals surface area (Å²) in [4.78, 5) is 14.2. The predicted molar refractivity (Wildman–Crippen MR) is 76.7 cm³/mol. The van der Waals surface area contributed by atoms with E-state index in [-0.39, 0.29) is 17.7 Å². The number of para-hydroxylation sites is 1. The van der Waals surface area contributed by atoms with Crippen molar-refractivity contribution in [2.75, 3.05) is 11.9 Å². The second-order valence-electron chi connectivity index (χ2n) is 5.82. The molecule has 1 amide bonds. The van der Waals surface area contributed by atoms with Gasteiger partial charge in [0.2, 0.25) is 5.91 Å². The number of hydrogen-bond acceptors (Lipinski definition) is 3. The minimum Gasteiger partial charge on any atom is -0.409 e. The number of anilines is 1. The van der Waals surface area contributed by atoms with E-state index in [0.717, 1.165) is 24.7 Å². The van der Waals surface area contributed by atoms with Gasteiger partial charge >= 0.3 is 0 Å². The van der Waals surface area contributed by atoms with Crippen molar-refractivity contribution < 1.29 is 10.0 Å². The zero-order valence-electron chi connectivity index (χ0n) is 11.5. The largest absolute Gasteiger partial charge is 0.409 e. The van der Waals surface area contributed by atoms with E-state index < -0.39 is 0 Å². The van der Waals surface area contributed by atoms with Gasteiger partial charge in [-0.2, -0.15) is 0 Å². The van der Waals surface area contributed by atoms with Gasteiger partial charge in [0.05, 0.1) is 5.69 Å². The van der Waals surface area contributed by atoms with Crippen LogP contribution in [0.25, 0.3) is 0 Å². The summed E-state index contributed by atoms with van der Waals surface area (Å²) in [5.74, 6) is 1.84. The number of rotatable bonds is 3. The van der Waals surface area contributed by atoms with E-state index in [2.05, 4.69) is 5.16 Å². The highest BCUT2D eigenvalue weighted by Gasteiger charge is 2.48. The molecule has 5 nitrogen and oxygen atoms in total. The molecular formula is C15H19N3O2. The molecule has 1 aromatic rings. The molecule has 3 rings (SSSR count). The second kappa shape index (κ2) is 4.81. The van der Waals surface area contributed by atoms with Gasteiger partial charge in [0, 0.05) is 18.5 Å². The Kier molecular flexibility index (Phi) is 3.12. The maximum absolute atomic E-state index is 12.6. The van der Waals surface area contributed by atoms with Crippen LogP contribution in [-0.4, -0.2) is 24.0 Å². The van der Waals surface area contributed by atoms with E-state index in [9.17, 15) is 4.79 Å². The number of nitrogens with two attached hydrogens (primary N) is 1. The molecular weight excluding hydrogens is 254 g/mol. The molecule has 0 bridgehead atoms. The first-order chi connectivity index (χ1) is 9.61. The van der Waals surface area contributed by atoms with E-state index >= 15 is 0 Å². The van der Waals surface area contributed by atoms with Crippen LogP contribution in [-0.2, 0) is 4.79 Å². The van der Waals surface area contributed by atoms with Crippen LogP contribution in [0, 0.1) is 17.8 Å². The molecule has 0 aliphatic heterocycles. The lowest BCUT2D eigenvalue weighted by atomic mass is 10.0. The van der Waals surface area contributed by atoms with Gasteiger partial charge in [0.15, 0.2) is 5.84 Å². The molecule has 2 unspecified atom stereocenters. The van der Waals surface area contributed by atoms with Gasteiger partial charge in [0.25, 0.3) is 0 Å². The molecule has 2 fully saturated rings. The highest BCUT2D eigenvalue weighted by Crippen LogP contribution is 2.54. The van der Waals surface area contributed by atoms with E-state index in [1.54, 1.807) is 24.1 Å². The topological polar surface area (TPSA) is 78.9 Å². The van der Waals surface area contributed by atoms with Crippen LogP contribution in [0.1, 0.15) is 24.8 Å². The summed E-state index contributed by atoms with van der Waals surface area (Å²) in [6.45, 7) is 0. The monoisotopic (exact) mass is 273 g/mol. The Bertz CT molecular complexity index is 560. The van der Waals surface area contributed by atoms with Crippen LogP contribution in [0.15, 0.2) is 29.4 Å². The fraction of sp³-hybridized carbons (Fsp3) is 0.467. The smallest absolute Gasteiger partial charge is 0.229 e. The average molecular weight is 273 g/mol. The van der Waals surface area contributed by atoms with Crippen molar-refractivity contribution in [3.8, 4) is 0 Å². The van der Waals surface area contributed by atoms with Crippen molar-refractivity contribution in [3.05, 3.63) is 29.8 Å². The first-order valence-corrected chi connectivity index (χ1v) is 6.96. The Balaban J connectivity index is 1.83. The van der Waals surface area contributed by atoms with Gasteiger partial charge in [0.1, 0.15) is 0 Å². The standard InChI is InChI=1S/C15H19N3O2/c1-18(15(19)11-7-9-6-10(9)8-11)13-5-3-2-4-12(13)14(16)17-20/h2-5,9-11,20H,6-8H2,1H3,(H2,16,17). The lowest BCUT2D eigenvalue weighted by Gasteiger charge is -2.24. The Morgan fingerprint density at radius 2 is 1.95 bits per heavy atom. The molecule has 2 aliphatic carbocycles. The number of amides is 1. The summed E-state index contributed by atoms with van der Waals surface area (Å²) < 4.78 is 0. The van der Waals surface area contributed by atoms with Crippen LogP contribution < -0.4 is 10.6 Å². The van der Waals surface area contributed by atoms with Crippen molar-refractivity contribution in [2.45, 2.75) is 19.3 Å². The molecule has 2 aliphatic rings. The van der Waals surface area contributed by atoms with Crippen molar-refractivity contribution in [1.82, 2.24) is 0 Å². The van der Waals surface area contributed by atoms with Gasteiger partial charge in [-0.25, -0.2) is 0 Å². The fourth-order valence-electron chi connectivity index (χ4n) is 3.35. The molecule has 0 heterocycles. The van der Waals surface area contributed by atoms with Crippen molar-refractivity contribution >= 4 is 17.4 Å². The van der Waals surface area contributed by atoms with Gasteiger partial charge < -0.3 is 15.8 Å². The number of oxime groups is 1. The van der Waals surface area contributed by atoms with Gasteiger partial charge in [-0.05, 0) is 43.2 Å².